The van der Waals surface area contributed by atoms with Gasteiger partial charge in [0, 0.05) is 25.2 Å². The molecule has 0 saturated heterocycles. The van der Waals surface area contributed by atoms with Crippen LogP contribution in [0.1, 0.15) is 67.0 Å². The van der Waals surface area contributed by atoms with Gasteiger partial charge in [-0.2, -0.15) is 5.10 Å². The van der Waals surface area contributed by atoms with Gasteiger partial charge in [-0.25, -0.2) is 9.78 Å². The van der Waals surface area contributed by atoms with E-state index in [4.69, 9.17) is 15.2 Å². The zero-order valence-corrected chi connectivity index (χ0v) is 21.5. The lowest BCUT2D eigenvalue weighted by atomic mass is 10.1. The second kappa shape index (κ2) is 11.5. The second-order valence-electron chi connectivity index (χ2n) is 9.16. The van der Waals surface area contributed by atoms with Gasteiger partial charge >= 0.3 is 6.09 Å². The van der Waals surface area contributed by atoms with Gasteiger partial charge in [-0.3, -0.25) is 9.48 Å². The number of aromatic nitrogens is 4. The quantitative estimate of drug-likeness (QED) is 0.225. The van der Waals surface area contributed by atoms with E-state index in [0.29, 0.717) is 54.5 Å². The smallest absolute Gasteiger partial charge is 0.407 e. The van der Waals surface area contributed by atoms with E-state index in [2.05, 4.69) is 20.7 Å². The number of nitrogens with one attached hydrogen (secondary N) is 2. The standard InChI is InChI=1S/C25H35N7O5/c1-4-32-19(12-15(2)30-32)23(34)29-24-28-18-13-16(22(26)33)14-20(36-3)21(18)31(24)11-7-10-27-25(35)37-17-8-5-6-9-17/h12-14,17,23,34H,4-11H2,1-3H3,(H2,26,33)(H,27,35)(H,28,29). The highest BCUT2D eigenvalue weighted by Gasteiger charge is 2.22. The fourth-order valence-corrected chi connectivity index (χ4v) is 4.72. The van der Waals surface area contributed by atoms with Crippen LogP contribution >= 0.6 is 0 Å². The molecule has 0 radical (unpaired) electrons. The monoisotopic (exact) mass is 513 g/mol. The first-order chi connectivity index (χ1) is 17.8. The summed E-state index contributed by atoms with van der Waals surface area (Å²) < 4.78 is 14.6. The van der Waals surface area contributed by atoms with Crippen LogP contribution in [0.2, 0.25) is 0 Å². The van der Waals surface area contributed by atoms with E-state index < -0.39 is 18.2 Å². The van der Waals surface area contributed by atoms with Crippen molar-refractivity contribution in [3.05, 3.63) is 35.2 Å². The molecule has 1 fully saturated rings. The van der Waals surface area contributed by atoms with Gasteiger partial charge in [0.15, 0.2) is 6.23 Å². The lowest BCUT2D eigenvalue weighted by Gasteiger charge is -2.17. The number of rotatable bonds is 11. The molecule has 37 heavy (non-hydrogen) atoms. The molecular formula is C25H35N7O5. The second-order valence-corrected chi connectivity index (χ2v) is 9.16. The number of aryl methyl sites for hydroxylation is 3. The van der Waals surface area contributed by atoms with E-state index in [1.807, 2.05) is 18.4 Å². The number of carbonyl (C=O) groups is 2. The van der Waals surface area contributed by atoms with Crippen molar-refractivity contribution < 1.29 is 24.2 Å². The third-order valence-corrected chi connectivity index (χ3v) is 6.49. The van der Waals surface area contributed by atoms with Gasteiger partial charge in [-0.05, 0) is 64.2 Å². The summed E-state index contributed by atoms with van der Waals surface area (Å²) in [6.45, 7) is 5.22. The van der Waals surface area contributed by atoms with E-state index >= 15 is 0 Å². The summed E-state index contributed by atoms with van der Waals surface area (Å²) in [5.74, 6) is 0.193. The number of imidazole rings is 1. The van der Waals surface area contributed by atoms with Crippen molar-refractivity contribution in [3.63, 3.8) is 0 Å². The summed E-state index contributed by atoms with van der Waals surface area (Å²) in [5, 5.41) is 21.3. The minimum atomic E-state index is -1.09. The van der Waals surface area contributed by atoms with Crippen LogP contribution in [0.4, 0.5) is 10.7 Å². The van der Waals surface area contributed by atoms with Crippen LogP contribution in [0, 0.1) is 6.92 Å². The first-order valence-corrected chi connectivity index (χ1v) is 12.6. The van der Waals surface area contributed by atoms with Gasteiger partial charge < -0.3 is 35.5 Å². The van der Waals surface area contributed by atoms with Crippen molar-refractivity contribution in [1.29, 1.82) is 0 Å². The van der Waals surface area contributed by atoms with E-state index in [-0.39, 0.29) is 11.7 Å². The number of aliphatic hydroxyl groups excluding tert-OH is 1. The number of nitrogens with zero attached hydrogens (tertiary/aromatic N) is 4. The number of hydrogen-bond donors (Lipinski definition) is 4. The Bertz CT molecular complexity index is 1260. The summed E-state index contributed by atoms with van der Waals surface area (Å²) >= 11 is 0. The summed E-state index contributed by atoms with van der Waals surface area (Å²) in [5.41, 5.74) is 8.27. The number of alkyl carbamates (subject to hydrolysis) is 1. The van der Waals surface area contributed by atoms with E-state index in [1.165, 1.54) is 7.11 Å². The van der Waals surface area contributed by atoms with Crippen LogP contribution in [-0.4, -0.2) is 56.2 Å². The Morgan fingerprint density at radius 3 is 2.70 bits per heavy atom. The molecule has 0 aliphatic heterocycles. The molecule has 1 aliphatic carbocycles. The molecule has 1 aromatic carbocycles. The predicted molar refractivity (Wildman–Crippen MR) is 137 cm³/mol. The number of amides is 2. The number of carbonyl (C=O) groups excluding carboxylic acids is 2. The highest BCUT2D eigenvalue weighted by molar-refractivity contribution is 5.98. The average Bonchev–Trinajstić information content (AvgIpc) is 3.60. The minimum absolute atomic E-state index is 0.00112. The van der Waals surface area contributed by atoms with Crippen molar-refractivity contribution in [2.45, 2.75) is 71.4 Å². The molecule has 1 unspecified atom stereocenters. The Balaban J connectivity index is 1.57. The number of methoxy groups -OCH3 is 1. The molecule has 2 heterocycles. The summed E-state index contributed by atoms with van der Waals surface area (Å²) in [6, 6.07) is 4.96. The normalized spacial score (nSPS) is 14.6. The maximum absolute atomic E-state index is 12.1. The van der Waals surface area contributed by atoms with Gasteiger partial charge in [0.2, 0.25) is 11.9 Å². The van der Waals surface area contributed by atoms with E-state index in [0.717, 1.165) is 31.4 Å². The van der Waals surface area contributed by atoms with Crippen LogP contribution in [0.3, 0.4) is 0 Å². The van der Waals surface area contributed by atoms with Gasteiger partial charge in [0.05, 0.1) is 24.0 Å². The molecule has 12 heteroatoms. The molecule has 1 saturated carbocycles. The molecule has 3 aromatic rings. The summed E-state index contributed by atoms with van der Waals surface area (Å²) in [4.78, 5) is 28.6. The van der Waals surface area contributed by atoms with E-state index in [9.17, 15) is 14.7 Å². The third kappa shape index (κ3) is 5.96. The number of primary amides is 1. The van der Waals surface area contributed by atoms with Gasteiger partial charge in [-0.1, -0.05) is 0 Å². The lowest BCUT2D eigenvalue weighted by molar-refractivity contribution is 0.0995. The maximum atomic E-state index is 12.1. The zero-order chi connectivity index (χ0) is 26.5. The molecule has 4 rings (SSSR count). The molecule has 200 valence electrons. The fraction of sp³-hybridized carbons (Fsp3) is 0.520. The Morgan fingerprint density at radius 1 is 1.27 bits per heavy atom. The van der Waals surface area contributed by atoms with Crippen molar-refractivity contribution in [3.8, 4) is 5.75 Å². The van der Waals surface area contributed by atoms with Crippen molar-refractivity contribution in [2.24, 2.45) is 5.73 Å². The van der Waals surface area contributed by atoms with E-state index in [1.54, 1.807) is 22.9 Å². The van der Waals surface area contributed by atoms with Gasteiger partial charge in [0.1, 0.15) is 17.4 Å². The van der Waals surface area contributed by atoms with Crippen molar-refractivity contribution in [2.75, 3.05) is 19.0 Å². The first-order valence-electron chi connectivity index (χ1n) is 12.6. The highest BCUT2D eigenvalue weighted by Crippen LogP contribution is 2.32. The number of aliphatic hydroxyl groups is 1. The molecule has 12 nitrogen and oxygen atoms in total. The Labute approximate surface area is 215 Å². The number of ether oxygens (including phenoxy) is 2. The molecule has 1 atom stereocenters. The van der Waals surface area contributed by atoms with Crippen LogP contribution in [0.25, 0.3) is 11.0 Å². The molecule has 2 aromatic heterocycles. The predicted octanol–water partition coefficient (Wildman–Crippen LogP) is 2.83. The van der Waals surface area contributed by atoms with Crippen LogP contribution in [0.5, 0.6) is 5.75 Å². The highest BCUT2D eigenvalue weighted by atomic mass is 16.6. The zero-order valence-electron chi connectivity index (χ0n) is 21.5. The number of nitrogens with two attached hydrogens (primary N) is 1. The lowest BCUT2D eigenvalue weighted by Crippen LogP contribution is -2.29. The maximum Gasteiger partial charge on any atom is 0.407 e. The molecule has 0 spiro atoms. The number of benzene rings is 1. The minimum Gasteiger partial charge on any atom is -0.494 e. The Kier molecular flexibility index (Phi) is 8.17. The molecule has 0 bridgehead atoms. The largest absolute Gasteiger partial charge is 0.494 e. The summed E-state index contributed by atoms with van der Waals surface area (Å²) in [6.07, 6.45) is 3.06. The van der Waals surface area contributed by atoms with Gasteiger partial charge in [-0.15, -0.1) is 0 Å². The van der Waals surface area contributed by atoms with Crippen LogP contribution in [-0.2, 0) is 17.8 Å². The molecule has 2 amide bonds. The van der Waals surface area contributed by atoms with Crippen molar-refractivity contribution >= 4 is 29.0 Å². The van der Waals surface area contributed by atoms with Crippen LogP contribution < -0.4 is 21.1 Å². The SMILES string of the molecule is CCn1nc(C)cc1C(O)Nc1nc2cc(C(N)=O)cc(OC)c2n1CCCNC(=O)OC1CCCC1. The molecule has 1 aliphatic rings. The first kappa shape index (κ1) is 26.3. The van der Waals surface area contributed by atoms with Crippen molar-refractivity contribution in [1.82, 2.24) is 24.6 Å². The third-order valence-electron chi connectivity index (χ3n) is 6.49. The topological polar surface area (TPSA) is 159 Å². The average molecular weight is 514 g/mol. The Morgan fingerprint density at radius 2 is 2.03 bits per heavy atom. The van der Waals surface area contributed by atoms with Gasteiger partial charge in [0.25, 0.3) is 0 Å². The summed E-state index contributed by atoms with van der Waals surface area (Å²) in [7, 11) is 1.50. The Hall–Kier alpha value is -3.80. The fourth-order valence-electron chi connectivity index (χ4n) is 4.72. The number of hydrogen-bond acceptors (Lipinski definition) is 8. The number of fused-ring (bicyclic) bond motifs is 1. The molecular weight excluding hydrogens is 478 g/mol. The number of anilines is 1. The van der Waals surface area contributed by atoms with Crippen LogP contribution in [0.15, 0.2) is 18.2 Å². The molecule has 5 N–H and O–H groups in total.